The number of carboxylic acid groups (broad SMARTS) is 1. The summed E-state index contributed by atoms with van der Waals surface area (Å²) in [7, 11) is -3.88. The van der Waals surface area contributed by atoms with Crippen LogP contribution >= 0.6 is 15.9 Å². The second-order valence-electron chi connectivity index (χ2n) is 7.21. The number of aryl methyl sites for hydroxylation is 1. The van der Waals surface area contributed by atoms with Crippen molar-refractivity contribution in [2.75, 3.05) is 0 Å². The van der Waals surface area contributed by atoms with Crippen molar-refractivity contribution in [3.05, 3.63) is 82.2 Å². The lowest BCUT2D eigenvalue weighted by molar-refractivity contribution is -0.136. The molecule has 0 aliphatic rings. The van der Waals surface area contributed by atoms with Crippen LogP contribution in [0.25, 0.3) is 10.9 Å². The predicted molar refractivity (Wildman–Crippen MR) is 120 cm³/mol. The van der Waals surface area contributed by atoms with Crippen LogP contribution in [0.15, 0.2) is 75.1 Å². The van der Waals surface area contributed by atoms with Gasteiger partial charge in [0.25, 0.3) is 0 Å². The quantitative estimate of drug-likeness (QED) is 0.323. The van der Waals surface area contributed by atoms with Gasteiger partial charge in [0, 0.05) is 17.1 Å². The zero-order valence-corrected chi connectivity index (χ0v) is 19.1. The van der Waals surface area contributed by atoms with E-state index in [-0.39, 0.29) is 16.2 Å². The summed E-state index contributed by atoms with van der Waals surface area (Å²) in [6.45, 7) is 1.80. The van der Waals surface area contributed by atoms with E-state index in [0.717, 1.165) is 17.7 Å². The highest BCUT2D eigenvalue weighted by atomic mass is 79.9. The number of carbonyl (C=O) groups is 1. The number of fused-ring (bicyclic) bond motifs is 1. The van der Waals surface area contributed by atoms with Crippen molar-refractivity contribution in [2.45, 2.75) is 23.1 Å². The molecule has 1 heterocycles. The fourth-order valence-electron chi connectivity index (χ4n) is 3.43. The van der Waals surface area contributed by atoms with Crippen LogP contribution in [0.4, 0.5) is 4.39 Å². The van der Waals surface area contributed by atoms with Crippen molar-refractivity contribution >= 4 is 42.6 Å². The van der Waals surface area contributed by atoms with Gasteiger partial charge in [0.1, 0.15) is 17.3 Å². The fraction of sp³-hybridized carbons (Fsp3) is 0.0870. The van der Waals surface area contributed by atoms with E-state index in [2.05, 4.69) is 20.9 Å². The van der Waals surface area contributed by atoms with Crippen LogP contribution in [0.1, 0.15) is 11.1 Å². The second kappa shape index (κ2) is 8.40. The Kier molecular flexibility index (Phi) is 5.79. The van der Waals surface area contributed by atoms with Crippen LogP contribution in [-0.2, 0) is 21.1 Å². The molecular weight excluding hydrogens is 501 g/mol. The Labute approximate surface area is 191 Å². The summed E-state index contributed by atoms with van der Waals surface area (Å²) in [6, 6.07) is 13.1. The van der Waals surface area contributed by atoms with Crippen LogP contribution in [0.3, 0.4) is 0 Å². The highest BCUT2D eigenvalue weighted by Crippen LogP contribution is 2.37. The first-order chi connectivity index (χ1) is 15.1. The van der Waals surface area contributed by atoms with Crippen LogP contribution < -0.4 is 4.74 Å². The molecule has 3 aromatic carbocycles. The number of H-pyrrole nitrogens is 1. The summed E-state index contributed by atoms with van der Waals surface area (Å²) in [5.74, 6) is -0.550. The molecule has 0 aliphatic carbocycles. The van der Waals surface area contributed by atoms with E-state index in [0.29, 0.717) is 32.4 Å². The molecule has 0 aliphatic heterocycles. The maximum Gasteiger partial charge on any atom is 0.307 e. The second-order valence-corrected chi connectivity index (χ2v) is 9.99. The van der Waals surface area contributed by atoms with Crippen molar-refractivity contribution < 1.29 is 27.4 Å². The number of rotatable bonds is 6. The molecule has 0 amide bonds. The zero-order valence-electron chi connectivity index (χ0n) is 16.7. The number of aromatic amines is 1. The fourth-order valence-corrected chi connectivity index (χ4v) is 5.53. The van der Waals surface area contributed by atoms with Crippen LogP contribution in [-0.4, -0.2) is 24.5 Å². The van der Waals surface area contributed by atoms with Crippen LogP contribution in [0, 0.1) is 12.7 Å². The van der Waals surface area contributed by atoms with E-state index in [1.165, 1.54) is 18.3 Å². The standard InChI is InChI=1S/C23H17BrFNO5S/c1-13-8-14(10-22(27)28)9-19(24)23(13)31-16-4-7-20-18(11-16)21(12-26-20)32(29,30)17-5-2-15(25)3-6-17/h2-9,11-12,26H,10H2,1H3,(H,27,28). The molecule has 4 aromatic rings. The van der Waals surface area contributed by atoms with Gasteiger partial charge in [-0.3, -0.25) is 4.79 Å². The third-order valence-electron chi connectivity index (χ3n) is 4.89. The highest BCUT2D eigenvalue weighted by molar-refractivity contribution is 9.10. The molecule has 0 saturated heterocycles. The van der Waals surface area contributed by atoms with E-state index < -0.39 is 21.6 Å². The molecule has 2 N–H and O–H groups in total. The number of hydrogen-bond acceptors (Lipinski definition) is 4. The van der Waals surface area contributed by atoms with Crippen molar-refractivity contribution in [3.8, 4) is 11.5 Å². The number of aromatic nitrogens is 1. The number of benzene rings is 3. The van der Waals surface area contributed by atoms with Crippen LogP contribution in [0.2, 0.25) is 0 Å². The molecule has 0 atom stereocenters. The molecule has 6 nitrogen and oxygen atoms in total. The third kappa shape index (κ3) is 4.26. The molecule has 0 fully saturated rings. The Bertz CT molecular complexity index is 1420. The van der Waals surface area contributed by atoms with Gasteiger partial charge in [-0.15, -0.1) is 0 Å². The molecule has 4 rings (SSSR count). The summed E-state index contributed by atoms with van der Waals surface area (Å²) in [4.78, 5) is 14.0. The van der Waals surface area contributed by atoms with Gasteiger partial charge < -0.3 is 14.8 Å². The van der Waals surface area contributed by atoms with Gasteiger partial charge >= 0.3 is 5.97 Å². The maximum absolute atomic E-state index is 13.2. The van der Waals surface area contributed by atoms with Gasteiger partial charge in [-0.05, 0) is 82.5 Å². The molecule has 0 bridgehead atoms. The average Bonchev–Trinajstić information content (AvgIpc) is 3.15. The SMILES string of the molecule is Cc1cc(CC(=O)O)cc(Br)c1Oc1ccc2[nH]cc(S(=O)(=O)c3ccc(F)cc3)c2c1. The highest BCUT2D eigenvalue weighted by Gasteiger charge is 2.22. The summed E-state index contributed by atoms with van der Waals surface area (Å²) in [5, 5.41) is 9.44. The first-order valence-electron chi connectivity index (χ1n) is 9.45. The number of carboxylic acids is 1. The summed E-state index contributed by atoms with van der Waals surface area (Å²) >= 11 is 3.42. The molecule has 0 radical (unpaired) electrons. The maximum atomic E-state index is 13.2. The molecular formula is C23H17BrFNO5S. The molecule has 9 heteroatoms. The van der Waals surface area contributed by atoms with Gasteiger partial charge in [0.15, 0.2) is 0 Å². The van der Waals surface area contributed by atoms with E-state index in [1.807, 2.05) is 0 Å². The zero-order chi connectivity index (χ0) is 23.0. The Morgan fingerprint density at radius 2 is 1.84 bits per heavy atom. The van der Waals surface area contributed by atoms with Crippen molar-refractivity contribution in [2.24, 2.45) is 0 Å². The van der Waals surface area contributed by atoms with Gasteiger partial charge in [-0.25, -0.2) is 12.8 Å². The Morgan fingerprint density at radius 3 is 2.50 bits per heavy atom. The van der Waals surface area contributed by atoms with E-state index >= 15 is 0 Å². The molecule has 1 aromatic heterocycles. The topological polar surface area (TPSA) is 96.5 Å². The largest absolute Gasteiger partial charge is 0.481 e. The number of aliphatic carboxylic acids is 1. The van der Waals surface area contributed by atoms with Crippen molar-refractivity contribution in [3.63, 3.8) is 0 Å². The summed E-state index contributed by atoms with van der Waals surface area (Å²) < 4.78 is 46.0. The van der Waals surface area contributed by atoms with Gasteiger partial charge in [-0.1, -0.05) is 6.07 Å². The van der Waals surface area contributed by atoms with Crippen molar-refractivity contribution in [1.82, 2.24) is 4.98 Å². The molecule has 0 spiro atoms. The number of sulfone groups is 1. The van der Waals surface area contributed by atoms with Crippen molar-refractivity contribution in [1.29, 1.82) is 0 Å². The van der Waals surface area contributed by atoms with Gasteiger partial charge in [0.2, 0.25) is 9.84 Å². The first-order valence-corrected chi connectivity index (χ1v) is 11.7. The Hall–Kier alpha value is -3.17. The number of nitrogens with one attached hydrogen (secondary N) is 1. The number of ether oxygens (including phenoxy) is 1. The first kappa shape index (κ1) is 22.0. The number of hydrogen-bond donors (Lipinski definition) is 2. The van der Waals surface area contributed by atoms with Gasteiger partial charge in [-0.2, -0.15) is 0 Å². The summed E-state index contributed by atoms with van der Waals surface area (Å²) in [6.07, 6.45) is 1.29. The van der Waals surface area contributed by atoms with E-state index in [9.17, 15) is 17.6 Å². The normalized spacial score (nSPS) is 11.6. The summed E-state index contributed by atoms with van der Waals surface area (Å²) in [5.41, 5.74) is 1.96. The third-order valence-corrected chi connectivity index (χ3v) is 7.29. The van der Waals surface area contributed by atoms with E-state index in [1.54, 1.807) is 37.3 Å². The lowest BCUT2D eigenvalue weighted by atomic mass is 10.1. The Morgan fingerprint density at radius 1 is 1.12 bits per heavy atom. The molecule has 0 saturated carbocycles. The predicted octanol–water partition coefficient (Wildman–Crippen LogP) is 5.63. The van der Waals surface area contributed by atoms with Crippen LogP contribution in [0.5, 0.6) is 11.5 Å². The van der Waals surface area contributed by atoms with Gasteiger partial charge in [0.05, 0.1) is 20.7 Å². The lowest BCUT2D eigenvalue weighted by Gasteiger charge is -2.13. The monoisotopic (exact) mass is 517 g/mol. The minimum absolute atomic E-state index is 0.0151. The minimum Gasteiger partial charge on any atom is -0.481 e. The average molecular weight is 518 g/mol. The Balaban J connectivity index is 1.72. The molecule has 0 unspecified atom stereocenters. The molecule has 164 valence electrons. The lowest BCUT2D eigenvalue weighted by Crippen LogP contribution is -2.01. The number of halogens is 2. The van der Waals surface area contributed by atoms with E-state index in [4.69, 9.17) is 9.84 Å². The minimum atomic E-state index is -3.88. The molecule has 32 heavy (non-hydrogen) atoms. The smallest absolute Gasteiger partial charge is 0.307 e.